The Hall–Kier alpha value is -2.57. The number of ether oxygens (including phenoxy) is 2. The molecule has 0 bridgehead atoms. The minimum atomic E-state index is 0.219. The summed E-state index contributed by atoms with van der Waals surface area (Å²) in [5.41, 5.74) is 2.49. The molecule has 0 saturated carbocycles. The third-order valence-corrected chi connectivity index (χ3v) is 5.87. The van der Waals surface area contributed by atoms with Crippen molar-refractivity contribution in [2.24, 2.45) is 4.99 Å². The third-order valence-electron chi connectivity index (χ3n) is 5.87. The van der Waals surface area contributed by atoms with E-state index in [1.807, 2.05) is 32.2 Å². The number of nitrogens with zero attached hydrogens (tertiary/aromatic N) is 3. The second-order valence-electron chi connectivity index (χ2n) is 7.78. The van der Waals surface area contributed by atoms with Gasteiger partial charge >= 0.3 is 0 Å². The Morgan fingerprint density at radius 3 is 2.73 bits per heavy atom. The van der Waals surface area contributed by atoms with Crippen molar-refractivity contribution in [3.05, 3.63) is 65.7 Å². The Labute approximate surface area is 179 Å². The first-order chi connectivity index (χ1) is 14.8. The summed E-state index contributed by atoms with van der Waals surface area (Å²) in [6, 6.07) is 19.2. The van der Waals surface area contributed by atoms with E-state index in [2.05, 4.69) is 56.5 Å². The van der Waals surface area contributed by atoms with Crippen molar-refractivity contribution in [1.82, 2.24) is 15.1 Å². The van der Waals surface area contributed by atoms with Crippen LogP contribution in [0.15, 0.2) is 59.6 Å². The van der Waals surface area contributed by atoms with Gasteiger partial charge in [0.25, 0.3) is 0 Å². The summed E-state index contributed by atoms with van der Waals surface area (Å²) < 4.78 is 11.9. The van der Waals surface area contributed by atoms with Gasteiger partial charge in [0.2, 0.25) is 0 Å². The smallest absolute Gasteiger partial charge is 0.194 e. The fourth-order valence-electron chi connectivity index (χ4n) is 4.40. The van der Waals surface area contributed by atoms with E-state index in [9.17, 15) is 0 Å². The molecular formula is C24H32N4O2. The van der Waals surface area contributed by atoms with Crippen molar-refractivity contribution in [3.63, 3.8) is 0 Å². The molecule has 2 heterocycles. The lowest BCUT2D eigenvalue weighted by Crippen LogP contribution is -2.50. The van der Waals surface area contributed by atoms with E-state index in [0.717, 1.165) is 50.1 Å². The number of nitrogens with one attached hydrogen (secondary N) is 1. The largest absolute Gasteiger partial charge is 0.494 e. The number of para-hydroxylation sites is 1. The molecule has 0 aliphatic carbocycles. The molecule has 2 aliphatic rings. The van der Waals surface area contributed by atoms with Gasteiger partial charge in [0.1, 0.15) is 5.75 Å². The van der Waals surface area contributed by atoms with Gasteiger partial charge in [0.05, 0.1) is 25.4 Å². The molecule has 2 fully saturated rings. The van der Waals surface area contributed by atoms with Crippen molar-refractivity contribution < 1.29 is 9.47 Å². The Bertz CT molecular complexity index is 842. The first kappa shape index (κ1) is 20.7. The average Bonchev–Trinajstić information content (AvgIpc) is 3.21. The lowest BCUT2D eigenvalue weighted by atomic mass is 10.1. The lowest BCUT2D eigenvalue weighted by Gasteiger charge is -2.36. The van der Waals surface area contributed by atoms with Crippen LogP contribution in [-0.2, 0) is 17.8 Å². The minimum absolute atomic E-state index is 0.219. The van der Waals surface area contributed by atoms with Crippen LogP contribution >= 0.6 is 0 Å². The topological polar surface area (TPSA) is 49.3 Å². The van der Waals surface area contributed by atoms with Crippen LogP contribution in [0.1, 0.15) is 18.1 Å². The molecule has 4 rings (SSSR count). The van der Waals surface area contributed by atoms with E-state index in [1.165, 1.54) is 5.56 Å². The van der Waals surface area contributed by atoms with E-state index >= 15 is 0 Å². The molecule has 0 aromatic heterocycles. The number of rotatable bonds is 6. The maximum absolute atomic E-state index is 6.12. The molecule has 2 atom stereocenters. The maximum Gasteiger partial charge on any atom is 0.194 e. The predicted molar refractivity (Wildman–Crippen MR) is 120 cm³/mol. The van der Waals surface area contributed by atoms with Crippen LogP contribution in [0.5, 0.6) is 5.75 Å². The number of benzene rings is 2. The number of guanidine groups is 1. The number of likely N-dealkylation sites (tertiary alicyclic amines) is 1. The summed E-state index contributed by atoms with van der Waals surface area (Å²) in [6.45, 7) is 7.86. The summed E-state index contributed by atoms with van der Waals surface area (Å²) in [5, 5.41) is 3.52. The molecule has 0 radical (unpaired) electrons. The van der Waals surface area contributed by atoms with Gasteiger partial charge in [-0.25, -0.2) is 0 Å². The highest BCUT2D eigenvalue weighted by Crippen LogP contribution is 2.25. The first-order valence-corrected chi connectivity index (χ1v) is 10.8. The Kier molecular flexibility index (Phi) is 6.87. The van der Waals surface area contributed by atoms with E-state index in [-0.39, 0.29) is 6.10 Å². The molecule has 2 saturated heterocycles. The van der Waals surface area contributed by atoms with Gasteiger partial charge in [-0.3, -0.25) is 9.89 Å². The van der Waals surface area contributed by atoms with Gasteiger partial charge in [-0.15, -0.1) is 0 Å². The van der Waals surface area contributed by atoms with Crippen LogP contribution in [0.3, 0.4) is 0 Å². The molecule has 0 spiro atoms. The molecule has 6 nitrogen and oxygen atoms in total. The number of morpholine rings is 1. The van der Waals surface area contributed by atoms with Crippen molar-refractivity contribution in [1.29, 1.82) is 0 Å². The SMILES string of the molecule is CCOc1ccccc1CNC(=NC)N1CC2OCCN(Cc3ccccc3)C2C1. The van der Waals surface area contributed by atoms with Crippen LogP contribution in [0.4, 0.5) is 0 Å². The molecule has 1 N–H and O–H groups in total. The first-order valence-electron chi connectivity index (χ1n) is 10.8. The highest BCUT2D eigenvalue weighted by atomic mass is 16.5. The molecule has 2 aromatic carbocycles. The fourth-order valence-corrected chi connectivity index (χ4v) is 4.40. The van der Waals surface area contributed by atoms with E-state index in [1.54, 1.807) is 0 Å². The zero-order chi connectivity index (χ0) is 20.8. The Balaban J connectivity index is 1.39. The summed E-state index contributed by atoms with van der Waals surface area (Å²) in [4.78, 5) is 9.42. The monoisotopic (exact) mass is 408 g/mol. The molecular weight excluding hydrogens is 376 g/mol. The normalized spacial score (nSPS) is 22.1. The van der Waals surface area contributed by atoms with Gasteiger partial charge in [-0.05, 0) is 18.6 Å². The van der Waals surface area contributed by atoms with Crippen molar-refractivity contribution in [2.45, 2.75) is 32.2 Å². The molecule has 160 valence electrons. The van der Waals surface area contributed by atoms with Gasteiger partial charge in [-0.2, -0.15) is 0 Å². The fraction of sp³-hybridized carbons (Fsp3) is 0.458. The molecule has 6 heteroatoms. The zero-order valence-electron chi connectivity index (χ0n) is 18.0. The standard InChI is InChI=1S/C24H32N4O2/c1-3-29-22-12-8-7-11-20(22)15-26-24(25-2)28-17-21-23(18-28)30-14-13-27(21)16-19-9-5-4-6-10-19/h4-12,21,23H,3,13-18H2,1-2H3,(H,25,26). The van der Waals surface area contributed by atoms with E-state index in [4.69, 9.17) is 9.47 Å². The molecule has 2 aromatic rings. The van der Waals surface area contributed by atoms with Crippen LogP contribution < -0.4 is 10.1 Å². The highest BCUT2D eigenvalue weighted by molar-refractivity contribution is 5.80. The number of fused-ring (bicyclic) bond motifs is 1. The third kappa shape index (κ3) is 4.77. The van der Waals surface area contributed by atoms with Gasteiger partial charge < -0.3 is 19.7 Å². The molecule has 2 aliphatic heterocycles. The van der Waals surface area contributed by atoms with Crippen LogP contribution in [-0.4, -0.2) is 67.8 Å². The van der Waals surface area contributed by atoms with Crippen molar-refractivity contribution in [2.75, 3.05) is 39.9 Å². The number of hydrogen-bond acceptors (Lipinski definition) is 4. The summed E-state index contributed by atoms with van der Waals surface area (Å²) >= 11 is 0. The maximum atomic E-state index is 6.12. The van der Waals surface area contributed by atoms with Crippen molar-refractivity contribution >= 4 is 5.96 Å². The molecule has 2 unspecified atom stereocenters. The zero-order valence-corrected chi connectivity index (χ0v) is 18.0. The van der Waals surface area contributed by atoms with Gasteiger partial charge in [0, 0.05) is 45.3 Å². The van der Waals surface area contributed by atoms with Crippen LogP contribution in [0.2, 0.25) is 0 Å². The molecule has 30 heavy (non-hydrogen) atoms. The number of hydrogen-bond donors (Lipinski definition) is 1. The minimum Gasteiger partial charge on any atom is -0.494 e. The molecule has 0 amide bonds. The predicted octanol–water partition coefficient (Wildman–Crippen LogP) is 2.75. The van der Waals surface area contributed by atoms with Crippen LogP contribution in [0, 0.1) is 0 Å². The Morgan fingerprint density at radius 2 is 1.93 bits per heavy atom. The van der Waals surface area contributed by atoms with Crippen molar-refractivity contribution in [3.8, 4) is 5.75 Å². The van der Waals surface area contributed by atoms with Gasteiger partial charge in [-0.1, -0.05) is 48.5 Å². The summed E-state index contributed by atoms with van der Waals surface area (Å²) in [7, 11) is 1.85. The lowest BCUT2D eigenvalue weighted by molar-refractivity contribution is -0.0502. The average molecular weight is 409 g/mol. The highest BCUT2D eigenvalue weighted by Gasteiger charge is 2.41. The summed E-state index contributed by atoms with van der Waals surface area (Å²) in [5.74, 6) is 1.84. The number of aliphatic imine (C=N–C) groups is 1. The second kappa shape index (κ2) is 9.96. The second-order valence-corrected chi connectivity index (χ2v) is 7.78. The van der Waals surface area contributed by atoms with E-state index in [0.29, 0.717) is 19.2 Å². The van der Waals surface area contributed by atoms with Gasteiger partial charge in [0.15, 0.2) is 5.96 Å². The van der Waals surface area contributed by atoms with Crippen LogP contribution in [0.25, 0.3) is 0 Å². The van der Waals surface area contributed by atoms with E-state index < -0.39 is 0 Å². The summed E-state index contributed by atoms with van der Waals surface area (Å²) in [6.07, 6.45) is 0.219. The quantitative estimate of drug-likeness (QED) is 0.588. The Morgan fingerprint density at radius 1 is 1.13 bits per heavy atom.